The summed E-state index contributed by atoms with van der Waals surface area (Å²) in [7, 11) is 3.71. The van der Waals surface area contributed by atoms with Crippen LogP contribution < -0.4 is 9.47 Å². The van der Waals surface area contributed by atoms with Crippen molar-refractivity contribution in [2.24, 2.45) is 0 Å². The molecule has 0 amide bonds. The lowest BCUT2D eigenvalue weighted by atomic mass is 10.1. The number of benzene rings is 1. The fourth-order valence-corrected chi connectivity index (χ4v) is 1.53. The van der Waals surface area contributed by atoms with Gasteiger partial charge in [-0.2, -0.15) is 0 Å². The van der Waals surface area contributed by atoms with E-state index < -0.39 is 22.4 Å². The van der Waals surface area contributed by atoms with Gasteiger partial charge in [0.25, 0.3) is 0 Å². The highest BCUT2D eigenvalue weighted by Crippen LogP contribution is 2.38. The molecule has 0 aliphatic heterocycles. The lowest BCUT2D eigenvalue weighted by Crippen LogP contribution is -2.03. The van der Waals surface area contributed by atoms with Crippen molar-refractivity contribution in [2.75, 3.05) is 21.3 Å². The smallest absolute Gasteiger partial charge is 0.330 e. The van der Waals surface area contributed by atoms with Crippen LogP contribution in [0.1, 0.15) is 10.4 Å². The van der Waals surface area contributed by atoms with E-state index in [2.05, 4.69) is 4.74 Å². The van der Waals surface area contributed by atoms with Crippen molar-refractivity contribution in [3.05, 3.63) is 40.0 Å². The van der Waals surface area contributed by atoms with Crippen LogP contribution in [0.3, 0.4) is 0 Å². The first-order valence-corrected chi connectivity index (χ1v) is 5.65. The minimum atomic E-state index is -0.710. The molecule has 0 saturated heterocycles. The summed E-state index contributed by atoms with van der Waals surface area (Å²) in [4.78, 5) is 33.1. The van der Waals surface area contributed by atoms with E-state index in [1.54, 1.807) is 0 Å². The molecule has 1 aromatic carbocycles. The molecule has 1 aromatic rings. The van der Waals surface area contributed by atoms with Crippen LogP contribution in [0.2, 0.25) is 0 Å². The van der Waals surface area contributed by atoms with Gasteiger partial charge < -0.3 is 14.2 Å². The molecule has 0 radical (unpaired) electrons. The molecule has 0 N–H and O–H groups in total. The zero-order valence-electron chi connectivity index (χ0n) is 11.6. The van der Waals surface area contributed by atoms with Gasteiger partial charge in [0.15, 0.2) is 11.5 Å². The van der Waals surface area contributed by atoms with Crippen molar-refractivity contribution in [1.82, 2.24) is 0 Å². The number of nitro benzene ring substituents is 1. The number of esters is 1. The fraction of sp³-hybridized carbons (Fsp3) is 0.231. The van der Waals surface area contributed by atoms with Crippen molar-refractivity contribution >= 4 is 17.4 Å². The first-order chi connectivity index (χ1) is 9.94. The number of allylic oxidation sites excluding steroid dienone is 1. The highest BCUT2D eigenvalue weighted by atomic mass is 16.6. The Morgan fingerprint density at radius 1 is 1.14 bits per heavy atom. The molecule has 0 saturated carbocycles. The van der Waals surface area contributed by atoms with Gasteiger partial charge in [0.2, 0.25) is 5.75 Å². The second kappa shape index (κ2) is 7.04. The molecule has 0 unspecified atom stereocenters. The Morgan fingerprint density at radius 2 is 1.81 bits per heavy atom. The van der Waals surface area contributed by atoms with E-state index in [0.717, 1.165) is 18.2 Å². The Kier molecular flexibility index (Phi) is 5.41. The predicted molar refractivity (Wildman–Crippen MR) is 71.7 cm³/mol. The number of hydrogen-bond acceptors (Lipinski definition) is 7. The van der Waals surface area contributed by atoms with Gasteiger partial charge >= 0.3 is 11.7 Å². The van der Waals surface area contributed by atoms with Crippen molar-refractivity contribution in [1.29, 1.82) is 0 Å². The predicted octanol–water partition coefficient (Wildman–Crippen LogP) is 1.52. The Hall–Kier alpha value is -2.90. The van der Waals surface area contributed by atoms with Gasteiger partial charge in [0.05, 0.1) is 26.3 Å². The quantitative estimate of drug-likeness (QED) is 0.257. The van der Waals surface area contributed by atoms with Gasteiger partial charge in [0.1, 0.15) is 0 Å². The summed E-state index contributed by atoms with van der Waals surface area (Å²) in [5, 5.41) is 11.0. The zero-order valence-corrected chi connectivity index (χ0v) is 11.6. The van der Waals surface area contributed by atoms with Gasteiger partial charge in [-0.3, -0.25) is 14.9 Å². The minimum absolute atomic E-state index is 0.0143. The summed E-state index contributed by atoms with van der Waals surface area (Å²) >= 11 is 0. The first-order valence-electron chi connectivity index (χ1n) is 5.65. The third kappa shape index (κ3) is 3.78. The number of ether oxygens (including phenoxy) is 3. The van der Waals surface area contributed by atoms with Crippen LogP contribution in [-0.2, 0) is 9.53 Å². The average molecular weight is 295 g/mol. The molecule has 0 aliphatic rings. The summed E-state index contributed by atoms with van der Waals surface area (Å²) in [6.07, 6.45) is 1.88. The monoisotopic (exact) mass is 295 g/mol. The largest absolute Gasteiger partial charge is 0.493 e. The standard InChI is InChI=1S/C13H13NO7/c1-19-11-7-8(10(15)4-5-12(16)20-2)6-9(14(17)18)13(11)21-3/h4-7H,1-3H3/b5-4+. The van der Waals surface area contributed by atoms with E-state index in [1.807, 2.05) is 0 Å². The second-order valence-corrected chi connectivity index (χ2v) is 3.71. The molecular weight excluding hydrogens is 282 g/mol. The Morgan fingerprint density at radius 3 is 2.29 bits per heavy atom. The summed E-state index contributed by atoms with van der Waals surface area (Å²) in [5.74, 6) is -1.36. The Balaban J connectivity index is 3.28. The molecule has 0 fully saturated rings. The number of methoxy groups -OCH3 is 3. The number of nitrogens with zero attached hydrogens (tertiary/aromatic N) is 1. The van der Waals surface area contributed by atoms with Gasteiger partial charge in [-0.15, -0.1) is 0 Å². The molecule has 0 heterocycles. The van der Waals surface area contributed by atoms with E-state index in [9.17, 15) is 19.7 Å². The van der Waals surface area contributed by atoms with Crippen molar-refractivity contribution < 1.29 is 28.7 Å². The fourth-order valence-electron chi connectivity index (χ4n) is 1.53. The Bertz CT molecular complexity index is 607. The molecule has 0 aliphatic carbocycles. The van der Waals surface area contributed by atoms with Crippen molar-refractivity contribution in [2.45, 2.75) is 0 Å². The van der Waals surface area contributed by atoms with Crippen LogP contribution in [-0.4, -0.2) is 38.0 Å². The number of rotatable bonds is 6. The van der Waals surface area contributed by atoms with E-state index in [4.69, 9.17) is 9.47 Å². The number of carbonyl (C=O) groups excluding carboxylic acids is 2. The van der Waals surface area contributed by atoms with E-state index in [0.29, 0.717) is 0 Å². The minimum Gasteiger partial charge on any atom is -0.493 e. The molecule has 8 nitrogen and oxygen atoms in total. The highest BCUT2D eigenvalue weighted by molar-refractivity contribution is 6.07. The van der Waals surface area contributed by atoms with Crippen LogP contribution in [0.4, 0.5) is 5.69 Å². The molecule has 0 bridgehead atoms. The van der Waals surface area contributed by atoms with Crippen molar-refractivity contribution in [3.63, 3.8) is 0 Å². The molecule has 0 aromatic heterocycles. The lowest BCUT2D eigenvalue weighted by Gasteiger charge is -2.09. The Labute approximate surface area is 120 Å². The van der Waals surface area contributed by atoms with Crippen LogP contribution in [0.5, 0.6) is 11.5 Å². The SMILES string of the molecule is COC(=O)/C=C/C(=O)c1cc(OC)c(OC)c([N+](=O)[O-])c1. The number of hydrogen-bond donors (Lipinski definition) is 0. The summed E-state index contributed by atoms with van der Waals surface area (Å²) in [5.41, 5.74) is -0.425. The molecule has 8 heteroatoms. The first kappa shape index (κ1) is 16.2. The highest BCUT2D eigenvalue weighted by Gasteiger charge is 2.23. The normalized spacial score (nSPS) is 10.2. The van der Waals surface area contributed by atoms with Crippen LogP contribution in [0, 0.1) is 10.1 Å². The number of ketones is 1. The molecule has 1 rings (SSSR count). The maximum Gasteiger partial charge on any atom is 0.330 e. The van der Waals surface area contributed by atoms with E-state index >= 15 is 0 Å². The lowest BCUT2D eigenvalue weighted by molar-refractivity contribution is -0.385. The second-order valence-electron chi connectivity index (χ2n) is 3.71. The average Bonchev–Trinajstić information content (AvgIpc) is 2.50. The molecular formula is C13H13NO7. The molecule has 0 atom stereocenters. The van der Waals surface area contributed by atoms with E-state index in [-0.39, 0.29) is 17.1 Å². The maximum absolute atomic E-state index is 11.9. The molecule has 21 heavy (non-hydrogen) atoms. The molecule has 0 spiro atoms. The summed E-state index contributed by atoms with van der Waals surface area (Å²) < 4.78 is 14.2. The topological polar surface area (TPSA) is 105 Å². The maximum atomic E-state index is 11.9. The van der Waals surface area contributed by atoms with Crippen molar-refractivity contribution in [3.8, 4) is 11.5 Å². The van der Waals surface area contributed by atoms with Gasteiger partial charge in [0, 0.05) is 17.7 Å². The van der Waals surface area contributed by atoms with Crippen LogP contribution in [0.15, 0.2) is 24.3 Å². The van der Waals surface area contributed by atoms with Gasteiger partial charge in [-0.05, 0) is 12.1 Å². The number of carbonyl (C=O) groups is 2. The van der Waals surface area contributed by atoms with Gasteiger partial charge in [-0.1, -0.05) is 0 Å². The number of nitro groups is 1. The van der Waals surface area contributed by atoms with E-state index in [1.165, 1.54) is 27.4 Å². The van der Waals surface area contributed by atoms with Gasteiger partial charge in [-0.25, -0.2) is 4.79 Å². The van der Waals surface area contributed by atoms with Crippen LogP contribution in [0.25, 0.3) is 0 Å². The third-order valence-electron chi connectivity index (χ3n) is 2.51. The summed E-state index contributed by atoms with van der Waals surface area (Å²) in [6, 6.07) is 2.33. The molecule has 112 valence electrons. The summed E-state index contributed by atoms with van der Waals surface area (Å²) in [6.45, 7) is 0. The zero-order chi connectivity index (χ0) is 16.0. The van der Waals surface area contributed by atoms with Crippen LogP contribution >= 0.6 is 0 Å². The third-order valence-corrected chi connectivity index (χ3v) is 2.51.